The van der Waals surface area contributed by atoms with Gasteiger partial charge in [0, 0.05) is 10.9 Å². The van der Waals surface area contributed by atoms with Gasteiger partial charge >= 0.3 is 0 Å². The van der Waals surface area contributed by atoms with Gasteiger partial charge in [0.15, 0.2) is 0 Å². The molecule has 0 aliphatic rings. The third-order valence-electron chi connectivity index (χ3n) is 5.02. The number of rotatable bonds is 3. The topological polar surface area (TPSA) is 65.8 Å². The molecule has 0 saturated carbocycles. The molecule has 0 aliphatic carbocycles. The molecule has 1 aromatic heterocycles. The number of nitrogens with zero attached hydrogens (tertiary/aromatic N) is 2. The summed E-state index contributed by atoms with van der Waals surface area (Å²) in [5.41, 5.74) is 6.27. The largest absolute Gasteiger partial charge is 0.307 e. The van der Waals surface area contributed by atoms with Crippen LogP contribution < -0.4 is 5.32 Å². The Bertz CT molecular complexity index is 1280. The van der Waals surface area contributed by atoms with Crippen LogP contribution in [0.25, 0.3) is 22.0 Å². The van der Waals surface area contributed by atoms with Crippen LogP contribution in [0.15, 0.2) is 72.8 Å². The fraction of sp³-hybridized carbons (Fsp3) is 0.0800. The highest BCUT2D eigenvalue weighted by molar-refractivity contribution is 6.04. The predicted molar refractivity (Wildman–Crippen MR) is 116 cm³/mol. The predicted octanol–water partition coefficient (Wildman–Crippen LogP) is 5.64. The van der Waals surface area contributed by atoms with Crippen LogP contribution in [-0.4, -0.2) is 10.9 Å². The van der Waals surface area contributed by atoms with E-state index in [1.54, 1.807) is 12.1 Å². The summed E-state index contributed by atoms with van der Waals surface area (Å²) in [6.07, 6.45) is 0. The van der Waals surface area contributed by atoms with Crippen molar-refractivity contribution in [2.45, 2.75) is 13.8 Å². The van der Waals surface area contributed by atoms with Crippen LogP contribution in [0.4, 0.5) is 5.82 Å². The van der Waals surface area contributed by atoms with Crippen LogP contribution >= 0.6 is 0 Å². The molecular weight excluding hydrogens is 358 g/mol. The van der Waals surface area contributed by atoms with Gasteiger partial charge in [-0.15, -0.1) is 0 Å². The average Bonchev–Trinajstić information content (AvgIpc) is 2.75. The monoisotopic (exact) mass is 377 g/mol. The van der Waals surface area contributed by atoms with Crippen molar-refractivity contribution in [2.24, 2.45) is 0 Å². The van der Waals surface area contributed by atoms with E-state index in [1.165, 1.54) is 0 Å². The lowest BCUT2D eigenvalue weighted by Gasteiger charge is -2.09. The molecule has 4 aromatic rings. The number of carbonyl (C=O) groups is 1. The molecule has 1 amide bonds. The summed E-state index contributed by atoms with van der Waals surface area (Å²) in [6.45, 7) is 4.01. The first-order valence-electron chi connectivity index (χ1n) is 9.33. The first kappa shape index (κ1) is 18.4. The Morgan fingerprint density at radius 1 is 0.897 bits per heavy atom. The second-order valence-corrected chi connectivity index (χ2v) is 7.05. The van der Waals surface area contributed by atoms with Gasteiger partial charge in [0.05, 0.1) is 17.1 Å². The van der Waals surface area contributed by atoms with Gasteiger partial charge in [0.2, 0.25) is 0 Å². The highest BCUT2D eigenvalue weighted by Crippen LogP contribution is 2.25. The molecule has 0 unspecified atom stereocenters. The number of aryl methyl sites for hydroxylation is 2. The molecule has 0 fully saturated rings. The van der Waals surface area contributed by atoms with Crippen LogP contribution in [0.1, 0.15) is 27.0 Å². The maximum Gasteiger partial charge on any atom is 0.256 e. The zero-order chi connectivity index (χ0) is 20.4. The molecule has 0 aliphatic heterocycles. The van der Waals surface area contributed by atoms with Crippen LogP contribution in [0.2, 0.25) is 0 Å². The minimum Gasteiger partial charge on any atom is -0.307 e. The number of pyridine rings is 1. The first-order chi connectivity index (χ1) is 14.0. The number of carbonyl (C=O) groups excluding carboxylic acids is 1. The normalized spacial score (nSPS) is 10.5. The second-order valence-electron chi connectivity index (χ2n) is 7.05. The van der Waals surface area contributed by atoms with E-state index in [4.69, 9.17) is 5.26 Å². The van der Waals surface area contributed by atoms with Gasteiger partial charge < -0.3 is 5.32 Å². The summed E-state index contributed by atoms with van der Waals surface area (Å²) in [5.74, 6) is 0.338. The quantitative estimate of drug-likeness (QED) is 0.502. The number of hydrogen-bond acceptors (Lipinski definition) is 3. The molecular formula is C25H19N3O. The smallest absolute Gasteiger partial charge is 0.256 e. The Kier molecular flexibility index (Phi) is 4.80. The first-order valence-corrected chi connectivity index (χ1v) is 9.33. The summed E-state index contributed by atoms with van der Waals surface area (Å²) in [5, 5.41) is 12.9. The van der Waals surface area contributed by atoms with Gasteiger partial charge in [-0.3, -0.25) is 4.79 Å². The summed E-state index contributed by atoms with van der Waals surface area (Å²) in [4.78, 5) is 17.1. The van der Waals surface area contributed by atoms with Crippen LogP contribution in [-0.2, 0) is 0 Å². The van der Waals surface area contributed by atoms with Gasteiger partial charge in [-0.2, -0.15) is 5.26 Å². The Hall–Kier alpha value is -3.97. The van der Waals surface area contributed by atoms with Gasteiger partial charge in [-0.05, 0) is 84.6 Å². The molecule has 4 rings (SSSR count). The standard InChI is InChI=1S/C25H19N3O/c1-16-6-7-22(12-17(16)2)25(29)28-24-11-9-21-14-20(8-10-23(21)27-24)19-5-3-4-18(13-19)15-26/h3-14H,1-2H3,(H,27,28,29). The maximum absolute atomic E-state index is 12.5. The summed E-state index contributed by atoms with van der Waals surface area (Å²) in [7, 11) is 0. The highest BCUT2D eigenvalue weighted by Gasteiger charge is 2.09. The fourth-order valence-corrected chi connectivity index (χ4v) is 3.21. The Morgan fingerprint density at radius 2 is 1.72 bits per heavy atom. The van der Waals surface area contributed by atoms with E-state index >= 15 is 0 Å². The lowest BCUT2D eigenvalue weighted by molar-refractivity contribution is 0.102. The van der Waals surface area contributed by atoms with Crippen molar-refractivity contribution in [3.63, 3.8) is 0 Å². The van der Waals surface area contributed by atoms with E-state index in [0.29, 0.717) is 16.9 Å². The third kappa shape index (κ3) is 3.85. The van der Waals surface area contributed by atoms with E-state index in [-0.39, 0.29) is 5.91 Å². The molecule has 0 bridgehead atoms. The second kappa shape index (κ2) is 7.57. The minimum absolute atomic E-state index is 0.176. The van der Waals surface area contributed by atoms with E-state index in [0.717, 1.165) is 33.2 Å². The van der Waals surface area contributed by atoms with E-state index < -0.39 is 0 Å². The molecule has 29 heavy (non-hydrogen) atoms. The number of anilines is 1. The number of benzene rings is 3. The van der Waals surface area contributed by atoms with Crippen molar-refractivity contribution in [2.75, 3.05) is 5.32 Å². The number of hydrogen-bond donors (Lipinski definition) is 1. The molecule has 0 saturated heterocycles. The lowest BCUT2D eigenvalue weighted by Crippen LogP contribution is -2.13. The molecule has 140 valence electrons. The van der Waals surface area contributed by atoms with Gasteiger partial charge in [0.1, 0.15) is 5.82 Å². The number of nitriles is 1. The van der Waals surface area contributed by atoms with E-state index in [1.807, 2.05) is 74.5 Å². The number of fused-ring (bicyclic) bond motifs is 1. The van der Waals surface area contributed by atoms with Gasteiger partial charge in [-0.1, -0.05) is 24.3 Å². The fourth-order valence-electron chi connectivity index (χ4n) is 3.21. The minimum atomic E-state index is -0.176. The molecule has 0 spiro atoms. The summed E-state index contributed by atoms with van der Waals surface area (Å²) in [6, 6.07) is 25.0. The molecule has 0 atom stereocenters. The molecule has 1 N–H and O–H groups in total. The maximum atomic E-state index is 12.5. The van der Waals surface area contributed by atoms with Crippen molar-refractivity contribution in [3.8, 4) is 17.2 Å². The molecule has 3 aromatic carbocycles. The van der Waals surface area contributed by atoms with Crippen molar-refractivity contribution in [1.29, 1.82) is 5.26 Å². The highest BCUT2D eigenvalue weighted by atomic mass is 16.1. The van der Waals surface area contributed by atoms with Crippen LogP contribution in [0, 0.1) is 25.2 Å². The average molecular weight is 377 g/mol. The Balaban J connectivity index is 1.60. The lowest BCUT2D eigenvalue weighted by atomic mass is 10.0. The van der Waals surface area contributed by atoms with Crippen molar-refractivity contribution < 1.29 is 4.79 Å². The van der Waals surface area contributed by atoms with Crippen LogP contribution in [0.3, 0.4) is 0 Å². The van der Waals surface area contributed by atoms with Crippen LogP contribution in [0.5, 0.6) is 0 Å². The number of nitrogens with one attached hydrogen (secondary N) is 1. The number of amides is 1. The molecule has 4 nitrogen and oxygen atoms in total. The zero-order valence-corrected chi connectivity index (χ0v) is 16.2. The van der Waals surface area contributed by atoms with E-state index in [9.17, 15) is 4.79 Å². The van der Waals surface area contributed by atoms with Crippen molar-refractivity contribution >= 4 is 22.6 Å². The SMILES string of the molecule is Cc1ccc(C(=O)Nc2ccc3cc(-c4cccc(C#N)c4)ccc3n2)cc1C. The molecule has 0 radical (unpaired) electrons. The zero-order valence-electron chi connectivity index (χ0n) is 16.2. The van der Waals surface area contributed by atoms with Gasteiger partial charge in [0.25, 0.3) is 5.91 Å². The summed E-state index contributed by atoms with van der Waals surface area (Å²) < 4.78 is 0. The third-order valence-corrected chi connectivity index (χ3v) is 5.02. The molecule has 1 heterocycles. The van der Waals surface area contributed by atoms with E-state index in [2.05, 4.69) is 16.4 Å². The van der Waals surface area contributed by atoms with Crippen molar-refractivity contribution in [1.82, 2.24) is 4.98 Å². The molecule has 4 heteroatoms. The van der Waals surface area contributed by atoms with Gasteiger partial charge in [-0.25, -0.2) is 4.98 Å². The Labute approximate surface area is 169 Å². The summed E-state index contributed by atoms with van der Waals surface area (Å²) >= 11 is 0. The number of aromatic nitrogens is 1. The van der Waals surface area contributed by atoms with Crippen molar-refractivity contribution in [3.05, 3.63) is 95.1 Å². The Morgan fingerprint density at radius 3 is 2.52 bits per heavy atom.